The number of nitrogens with zero attached hydrogens (tertiary/aromatic N) is 3. The van der Waals surface area contributed by atoms with Crippen LogP contribution in [0.1, 0.15) is 0 Å². The molecule has 0 amide bonds. The van der Waals surface area contributed by atoms with E-state index in [1.54, 1.807) is 24.4 Å². The van der Waals surface area contributed by atoms with E-state index < -0.39 is 10.0 Å². The number of sulfonamides is 1. The largest absolute Gasteiger partial charge is 0.383 e. The predicted octanol–water partition coefficient (Wildman–Crippen LogP) is 0.183. The van der Waals surface area contributed by atoms with Gasteiger partial charge in [-0.25, -0.2) is 13.4 Å². The molecule has 0 saturated carbocycles. The SMILES string of the molecule is COCCN(C)S(=O)(=O)c1c(N)nc2ccccn12. The Morgan fingerprint density at radius 1 is 1.47 bits per heavy atom. The molecule has 0 unspecified atom stereocenters. The van der Waals surface area contributed by atoms with E-state index in [0.717, 1.165) is 0 Å². The molecule has 2 aromatic heterocycles. The Balaban J connectivity index is 2.51. The molecular formula is C11H16N4O3S. The lowest BCUT2D eigenvalue weighted by Gasteiger charge is -2.16. The molecule has 2 heterocycles. The van der Waals surface area contributed by atoms with Crippen molar-refractivity contribution in [1.82, 2.24) is 13.7 Å². The van der Waals surface area contributed by atoms with Crippen LogP contribution in [0.15, 0.2) is 29.4 Å². The third-order valence-corrected chi connectivity index (χ3v) is 4.67. The zero-order chi connectivity index (χ0) is 14.0. The van der Waals surface area contributed by atoms with Gasteiger partial charge in [-0.05, 0) is 12.1 Å². The first-order valence-corrected chi connectivity index (χ1v) is 7.10. The number of rotatable bonds is 5. The zero-order valence-corrected chi connectivity index (χ0v) is 11.6. The summed E-state index contributed by atoms with van der Waals surface area (Å²) in [5, 5.41) is -0.0123. The second-order valence-corrected chi connectivity index (χ2v) is 6.01. The maximum atomic E-state index is 12.5. The molecule has 2 aromatic rings. The van der Waals surface area contributed by atoms with E-state index in [1.165, 1.54) is 22.9 Å². The van der Waals surface area contributed by atoms with E-state index in [0.29, 0.717) is 12.3 Å². The standard InChI is InChI=1S/C11H16N4O3S/c1-14(7-8-18-2)19(16,17)11-10(12)13-9-5-3-4-6-15(9)11/h3-6H,7-8,12H2,1-2H3. The molecule has 2 N–H and O–H groups in total. The fraction of sp³-hybridized carbons (Fsp3) is 0.364. The Labute approximate surface area is 111 Å². The summed E-state index contributed by atoms with van der Waals surface area (Å²) in [7, 11) is -0.697. The van der Waals surface area contributed by atoms with E-state index in [9.17, 15) is 8.42 Å². The van der Waals surface area contributed by atoms with E-state index in [-0.39, 0.29) is 17.4 Å². The van der Waals surface area contributed by atoms with Crippen LogP contribution in [0, 0.1) is 0 Å². The summed E-state index contributed by atoms with van der Waals surface area (Å²) < 4.78 is 32.5. The Morgan fingerprint density at radius 2 is 2.21 bits per heavy atom. The van der Waals surface area contributed by atoms with Gasteiger partial charge in [-0.2, -0.15) is 4.31 Å². The first-order chi connectivity index (χ1) is 8.98. The molecule has 0 saturated heterocycles. The minimum atomic E-state index is -3.70. The lowest BCUT2D eigenvalue weighted by molar-refractivity contribution is 0.185. The lowest BCUT2D eigenvalue weighted by atomic mass is 10.5. The van der Waals surface area contributed by atoms with Crippen LogP contribution in [0.5, 0.6) is 0 Å². The molecule has 104 valence electrons. The monoisotopic (exact) mass is 284 g/mol. The molecular weight excluding hydrogens is 268 g/mol. The number of hydrogen-bond acceptors (Lipinski definition) is 5. The van der Waals surface area contributed by atoms with Crippen LogP contribution in [0.4, 0.5) is 5.82 Å². The fourth-order valence-electron chi connectivity index (χ4n) is 1.74. The van der Waals surface area contributed by atoms with Crippen LogP contribution in [-0.4, -0.2) is 49.4 Å². The van der Waals surface area contributed by atoms with Crippen molar-refractivity contribution in [2.45, 2.75) is 5.03 Å². The summed E-state index contributed by atoms with van der Waals surface area (Å²) in [6.07, 6.45) is 1.62. The summed E-state index contributed by atoms with van der Waals surface area (Å²) in [4.78, 5) is 4.05. The van der Waals surface area contributed by atoms with Gasteiger partial charge in [0.15, 0.2) is 10.8 Å². The summed E-state index contributed by atoms with van der Waals surface area (Å²) >= 11 is 0. The van der Waals surface area contributed by atoms with Gasteiger partial charge in [-0.1, -0.05) is 6.07 Å². The highest BCUT2D eigenvalue weighted by Crippen LogP contribution is 2.22. The van der Waals surface area contributed by atoms with Crippen LogP contribution < -0.4 is 5.73 Å². The van der Waals surface area contributed by atoms with Crippen molar-refractivity contribution in [1.29, 1.82) is 0 Å². The average Bonchev–Trinajstić information content (AvgIpc) is 2.72. The van der Waals surface area contributed by atoms with Gasteiger partial charge in [0.1, 0.15) is 5.65 Å². The van der Waals surface area contributed by atoms with Crippen molar-refractivity contribution in [3.63, 3.8) is 0 Å². The first-order valence-electron chi connectivity index (χ1n) is 5.66. The highest BCUT2D eigenvalue weighted by Gasteiger charge is 2.27. The van der Waals surface area contributed by atoms with E-state index in [2.05, 4.69) is 4.98 Å². The quantitative estimate of drug-likeness (QED) is 0.846. The molecule has 19 heavy (non-hydrogen) atoms. The molecule has 7 nitrogen and oxygen atoms in total. The molecule has 0 aromatic carbocycles. The van der Waals surface area contributed by atoms with Crippen molar-refractivity contribution in [2.24, 2.45) is 0 Å². The minimum absolute atomic E-state index is 0.00420. The third kappa shape index (κ3) is 2.42. The molecule has 0 aliphatic heterocycles. The number of aromatic nitrogens is 2. The van der Waals surface area contributed by atoms with Gasteiger partial charge in [0.25, 0.3) is 10.0 Å². The molecule has 0 bridgehead atoms. The van der Waals surface area contributed by atoms with Gasteiger partial charge in [0.2, 0.25) is 0 Å². The Hall–Kier alpha value is -1.64. The van der Waals surface area contributed by atoms with Gasteiger partial charge in [-0.3, -0.25) is 4.40 Å². The van der Waals surface area contributed by atoms with Crippen LogP contribution in [0.2, 0.25) is 0 Å². The number of nitrogen functional groups attached to an aromatic ring is 1. The normalized spacial score (nSPS) is 12.4. The predicted molar refractivity (Wildman–Crippen MR) is 71.3 cm³/mol. The second-order valence-electron chi connectivity index (χ2n) is 4.05. The van der Waals surface area contributed by atoms with Crippen molar-refractivity contribution >= 4 is 21.5 Å². The van der Waals surface area contributed by atoms with Crippen molar-refractivity contribution in [2.75, 3.05) is 33.0 Å². The summed E-state index contributed by atoms with van der Waals surface area (Å²) in [5.74, 6) is -0.00420. The fourth-order valence-corrected chi connectivity index (χ4v) is 3.06. The second kappa shape index (κ2) is 5.16. The molecule has 0 spiro atoms. The molecule has 0 radical (unpaired) electrons. The number of likely N-dealkylation sites (N-methyl/N-ethyl adjacent to an activating group) is 1. The molecule has 0 aliphatic rings. The van der Waals surface area contributed by atoms with Crippen molar-refractivity contribution in [3.8, 4) is 0 Å². The van der Waals surface area contributed by atoms with Crippen LogP contribution >= 0.6 is 0 Å². The summed E-state index contributed by atoms with van der Waals surface area (Å²) in [5.41, 5.74) is 6.24. The highest BCUT2D eigenvalue weighted by atomic mass is 32.2. The molecule has 0 atom stereocenters. The number of hydrogen-bond donors (Lipinski definition) is 1. The average molecular weight is 284 g/mol. The number of anilines is 1. The first kappa shape index (κ1) is 13.8. The van der Waals surface area contributed by atoms with Gasteiger partial charge in [0.05, 0.1) is 6.61 Å². The van der Waals surface area contributed by atoms with E-state index >= 15 is 0 Å². The highest BCUT2D eigenvalue weighted by molar-refractivity contribution is 7.89. The van der Waals surface area contributed by atoms with Crippen LogP contribution in [0.25, 0.3) is 5.65 Å². The van der Waals surface area contributed by atoms with E-state index in [1.807, 2.05) is 0 Å². The topological polar surface area (TPSA) is 89.9 Å². The third-order valence-electron chi connectivity index (χ3n) is 2.78. The van der Waals surface area contributed by atoms with Gasteiger partial charge < -0.3 is 10.5 Å². The van der Waals surface area contributed by atoms with Crippen molar-refractivity contribution < 1.29 is 13.2 Å². The van der Waals surface area contributed by atoms with E-state index in [4.69, 9.17) is 10.5 Å². The zero-order valence-electron chi connectivity index (χ0n) is 10.8. The van der Waals surface area contributed by atoms with Gasteiger partial charge in [-0.15, -0.1) is 0 Å². The number of methoxy groups -OCH3 is 1. The minimum Gasteiger partial charge on any atom is -0.383 e. The smallest absolute Gasteiger partial charge is 0.262 e. The van der Waals surface area contributed by atoms with Crippen molar-refractivity contribution in [3.05, 3.63) is 24.4 Å². The number of fused-ring (bicyclic) bond motifs is 1. The van der Waals surface area contributed by atoms with Crippen LogP contribution in [-0.2, 0) is 14.8 Å². The number of imidazole rings is 1. The Bertz CT molecular complexity index is 680. The summed E-state index contributed by atoms with van der Waals surface area (Å²) in [6, 6.07) is 5.19. The molecule has 2 rings (SSSR count). The number of pyridine rings is 1. The van der Waals surface area contributed by atoms with Crippen LogP contribution in [0.3, 0.4) is 0 Å². The molecule has 8 heteroatoms. The van der Waals surface area contributed by atoms with Gasteiger partial charge in [0, 0.05) is 26.9 Å². The maximum Gasteiger partial charge on any atom is 0.262 e. The van der Waals surface area contributed by atoms with Gasteiger partial charge >= 0.3 is 0 Å². The number of ether oxygens (including phenoxy) is 1. The Kier molecular flexibility index (Phi) is 3.74. The summed E-state index contributed by atoms with van der Waals surface area (Å²) in [6.45, 7) is 0.560. The lowest BCUT2D eigenvalue weighted by Crippen LogP contribution is -2.31. The molecule has 0 aliphatic carbocycles. The number of nitrogens with two attached hydrogens (primary N) is 1. The molecule has 0 fully saturated rings. The maximum absolute atomic E-state index is 12.5. The Morgan fingerprint density at radius 3 is 2.89 bits per heavy atom.